The first-order chi connectivity index (χ1) is 5.46. The summed E-state index contributed by atoms with van der Waals surface area (Å²) in [7, 11) is 0. The van der Waals surface area contributed by atoms with E-state index in [0.29, 0.717) is 12.3 Å². The quantitative estimate of drug-likeness (QED) is 0.518. The van der Waals surface area contributed by atoms with Gasteiger partial charge < -0.3 is 4.74 Å². The van der Waals surface area contributed by atoms with Crippen molar-refractivity contribution in [2.24, 2.45) is 11.3 Å². The van der Waals surface area contributed by atoms with Gasteiger partial charge in [0, 0.05) is 11.8 Å². The predicted molar refractivity (Wildman–Crippen MR) is 45.6 cm³/mol. The third-order valence-corrected chi connectivity index (χ3v) is 4.11. The second-order valence-corrected chi connectivity index (χ2v) is 4.87. The molecule has 2 rings (SSSR count). The van der Waals surface area contributed by atoms with Crippen LogP contribution in [0.4, 0.5) is 0 Å². The van der Waals surface area contributed by atoms with Gasteiger partial charge in [0.05, 0.1) is 0 Å². The Morgan fingerprint density at radius 1 is 1.42 bits per heavy atom. The standard InChI is InChI=1S/C10H16O2/c1-9(2)7-4-5-10(9,3)12-8(11)6-7/h7H,4-6H2,1-3H3/t7-,10-/m0/s1. The molecule has 2 fully saturated rings. The molecule has 2 bridgehead atoms. The predicted octanol–water partition coefficient (Wildman–Crippen LogP) is 2.13. The van der Waals surface area contributed by atoms with Crippen molar-refractivity contribution < 1.29 is 9.53 Å². The average Bonchev–Trinajstić information content (AvgIpc) is 2.16. The Bertz CT molecular complexity index is 232. The molecule has 0 N–H and O–H groups in total. The van der Waals surface area contributed by atoms with Crippen molar-refractivity contribution in [1.82, 2.24) is 0 Å². The molecule has 1 heterocycles. The summed E-state index contributed by atoms with van der Waals surface area (Å²) in [4.78, 5) is 11.2. The summed E-state index contributed by atoms with van der Waals surface area (Å²) in [6.07, 6.45) is 2.81. The van der Waals surface area contributed by atoms with Crippen LogP contribution in [0, 0.1) is 11.3 Å². The van der Waals surface area contributed by atoms with E-state index in [4.69, 9.17) is 4.74 Å². The second kappa shape index (κ2) is 2.04. The highest BCUT2D eigenvalue weighted by atomic mass is 16.6. The molecule has 2 heteroatoms. The minimum Gasteiger partial charge on any atom is -0.459 e. The molecular formula is C10H16O2. The topological polar surface area (TPSA) is 26.3 Å². The van der Waals surface area contributed by atoms with E-state index in [-0.39, 0.29) is 17.0 Å². The van der Waals surface area contributed by atoms with Crippen molar-refractivity contribution in [3.05, 3.63) is 0 Å². The third kappa shape index (κ3) is 0.782. The zero-order chi connectivity index (χ0) is 8.98. The number of carbonyl (C=O) groups excluding carboxylic acids is 1. The van der Waals surface area contributed by atoms with E-state index in [9.17, 15) is 4.79 Å². The fraction of sp³-hybridized carbons (Fsp3) is 0.900. The molecule has 0 aromatic rings. The zero-order valence-electron chi connectivity index (χ0n) is 8.02. The van der Waals surface area contributed by atoms with Crippen molar-refractivity contribution in [3.8, 4) is 0 Å². The Balaban J connectivity index is 2.37. The molecule has 68 valence electrons. The highest BCUT2D eigenvalue weighted by molar-refractivity contribution is 5.72. The van der Waals surface area contributed by atoms with Crippen LogP contribution < -0.4 is 0 Å². The van der Waals surface area contributed by atoms with Gasteiger partial charge >= 0.3 is 5.97 Å². The van der Waals surface area contributed by atoms with Gasteiger partial charge in [0.2, 0.25) is 0 Å². The van der Waals surface area contributed by atoms with Crippen molar-refractivity contribution in [2.45, 2.75) is 45.6 Å². The van der Waals surface area contributed by atoms with Gasteiger partial charge in [0.25, 0.3) is 0 Å². The van der Waals surface area contributed by atoms with E-state index < -0.39 is 0 Å². The van der Waals surface area contributed by atoms with E-state index in [1.807, 2.05) is 0 Å². The van der Waals surface area contributed by atoms with Crippen molar-refractivity contribution in [3.63, 3.8) is 0 Å². The van der Waals surface area contributed by atoms with Gasteiger partial charge in [0.1, 0.15) is 5.60 Å². The summed E-state index contributed by atoms with van der Waals surface area (Å²) in [5.74, 6) is 0.545. The summed E-state index contributed by atoms with van der Waals surface area (Å²) in [6.45, 7) is 6.51. The fourth-order valence-electron chi connectivity index (χ4n) is 2.60. The van der Waals surface area contributed by atoms with Crippen LogP contribution in [0.15, 0.2) is 0 Å². The minimum atomic E-state index is -0.188. The Hall–Kier alpha value is -0.530. The van der Waals surface area contributed by atoms with E-state index >= 15 is 0 Å². The molecule has 0 spiro atoms. The first kappa shape index (κ1) is 8.09. The maximum absolute atomic E-state index is 11.2. The van der Waals surface area contributed by atoms with Gasteiger partial charge in [-0.15, -0.1) is 0 Å². The zero-order valence-corrected chi connectivity index (χ0v) is 8.02. The molecule has 0 amide bonds. The molecule has 12 heavy (non-hydrogen) atoms. The molecule has 1 saturated heterocycles. The van der Waals surface area contributed by atoms with Crippen LogP contribution >= 0.6 is 0 Å². The van der Waals surface area contributed by atoms with Crippen LogP contribution in [-0.4, -0.2) is 11.6 Å². The number of esters is 1. The third-order valence-electron chi connectivity index (χ3n) is 4.11. The molecule has 0 aromatic carbocycles. The number of ether oxygens (including phenoxy) is 1. The molecule has 0 aromatic heterocycles. The molecule has 2 aliphatic rings. The van der Waals surface area contributed by atoms with E-state index in [1.165, 1.54) is 0 Å². The number of fused-ring (bicyclic) bond motifs is 2. The van der Waals surface area contributed by atoms with Crippen LogP contribution in [-0.2, 0) is 9.53 Å². The van der Waals surface area contributed by atoms with Crippen molar-refractivity contribution >= 4 is 5.97 Å². The highest BCUT2D eigenvalue weighted by Gasteiger charge is 2.57. The molecule has 0 radical (unpaired) electrons. The Labute approximate surface area is 73.3 Å². The van der Waals surface area contributed by atoms with Crippen LogP contribution in [0.1, 0.15) is 40.0 Å². The number of hydrogen-bond donors (Lipinski definition) is 0. The van der Waals surface area contributed by atoms with Crippen molar-refractivity contribution in [1.29, 1.82) is 0 Å². The van der Waals surface area contributed by atoms with Gasteiger partial charge in [0.15, 0.2) is 0 Å². The molecule has 0 unspecified atom stereocenters. The number of rotatable bonds is 0. The molecule has 2 atom stereocenters. The smallest absolute Gasteiger partial charge is 0.306 e. The minimum absolute atomic E-state index is 0.000625. The lowest BCUT2D eigenvalue weighted by Gasteiger charge is -2.44. The first-order valence-electron chi connectivity index (χ1n) is 4.67. The molecular weight excluding hydrogens is 152 g/mol. The summed E-state index contributed by atoms with van der Waals surface area (Å²) in [5, 5.41) is 0. The van der Waals surface area contributed by atoms with Crippen LogP contribution in [0.5, 0.6) is 0 Å². The summed E-state index contributed by atoms with van der Waals surface area (Å²) >= 11 is 0. The van der Waals surface area contributed by atoms with E-state index in [2.05, 4.69) is 20.8 Å². The highest BCUT2D eigenvalue weighted by Crippen LogP contribution is 2.56. The molecule has 1 aliphatic carbocycles. The largest absolute Gasteiger partial charge is 0.459 e. The maximum Gasteiger partial charge on any atom is 0.306 e. The monoisotopic (exact) mass is 168 g/mol. The van der Waals surface area contributed by atoms with E-state index in [0.717, 1.165) is 12.8 Å². The SMILES string of the molecule is CC1(C)[C@H]2CC[C@]1(C)OC(=O)C2. The molecule has 2 nitrogen and oxygen atoms in total. The number of hydrogen-bond acceptors (Lipinski definition) is 2. The Kier molecular flexibility index (Phi) is 1.37. The van der Waals surface area contributed by atoms with Gasteiger partial charge in [-0.1, -0.05) is 13.8 Å². The van der Waals surface area contributed by atoms with Gasteiger partial charge in [-0.3, -0.25) is 4.79 Å². The van der Waals surface area contributed by atoms with Gasteiger partial charge in [-0.05, 0) is 25.7 Å². The fourth-order valence-corrected chi connectivity index (χ4v) is 2.60. The lowest BCUT2D eigenvalue weighted by Crippen LogP contribution is -2.48. The summed E-state index contributed by atoms with van der Waals surface area (Å²) in [5.41, 5.74) is -0.00604. The summed E-state index contributed by atoms with van der Waals surface area (Å²) in [6, 6.07) is 0. The molecule has 1 saturated carbocycles. The van der Waals surface area contributed by atoms with Crippen molar-refractivity contribution in [2.75, 3.05) is 0 Å². The summed E-state index contributed by atoms with van der Waals surface area (Å²) < 4.78 is 5.44. The van der Waals surface area contributed by atoms with E-state index in [1.54, 1.807) is 0 Å². The first-order valence-corrected chi connectivity index (χ1v) is 4.67. The lowest BCUT2D eigenvalue weighted by molar-refractivity contribution is -0.182. The normalized spacial score (nSPS) is 44.2. The second-order valence-electron chi connectivity index (χ2n) is 4.87. The Morgan fingerprint density at radius 3 is 2.67 bits per heavy atom. The lowest BCUT2D eigenvalue weighted by atomic mass is 9.70. The average molecular weight is 168 g/mol. The van der Waals surface area contributed by atoms with Crippen LogP contribution in [0.2, 0.25) is 0 Å². The van der Waals surface area contributed by atoms with Crippen LogP contribution in [0.25, 0.3) is 0 Å². The number of carbonyl (C=O) groups is 1. The Morgan fingerprint density at radius 2 is 2.08 bits per heavy atom. The van der Waals surface area contributed by atoms with Gasteiger partial charge in [-0.25, -0.2) is 0 Å². The molecule has 1 aliphatic heterocycles. The van der Waals surface area contributed by atoms with Crippen LogP contribution in [0.3, 0.4) is 0 Å². The maximum atomic E-state index is 11.2. The van der Waals surface area contributed by atoms with Gasteiger partial charge in [-0.2, -0.15) is 0 Å².